The first-order chi connectivity index (χ1) is 13.2. The van der Waals surface area contributed by atoms with E-state index < -0.39 is 10.0 Å². The molecule has 1 aromatic heterocycles. The number of rotatable bonds is 5. The van der Waals surface area contributed by atoms with Gasteiger partial charge in [0.1, 0.15) is 5.69 Å². The second-order valence-corrected chi connectivity index (χ2v) is 9.22. The summed E-state index contributed by atoms with van der Waals surface area (Å²) in [5.74, 6) is -0.0108. The van der Waals surface area contributed by atoms with Crippen LogP contribution in [-0.4, -0.2) is 60.5 Å². The van der Waals surface area contributed by atoms with Crippen LogP contribution >= 0.6 is 0 Å². The summed E-state index contributed by atoms with van der Waals surface area (Å²) in [6.07, 6.45) is 1.51. The molecule has 0 saturated carbocycles. The maximum absolute atomic E-state index is 12.9. The number of aromatic amines is 1. The Bertz CT molecular complexity index is 969. The van der Waals surface area contributed by atoms with Crippen molar-refractivity contribution in [1.29, 1.82) is 0 Å². The van der Waals surface area contributed by atoms with Gasteiger partial charge in [-0.05, 0) is 36.6 Å². The number of aromatic nitrogens is 1. The Kier molecular flexibility index (Phi) is 5.71. The number of sulfonamides is 1. The first-order valence-electron chi connectivity index (χ1n) is 9.29. The van der Waals surface area contributed by atoms with Gasteiger partial charge in [-0.1, -0.05) is 26.0 Å². The maximum Gasteiger partial charge on any atom is 0.270 e. The van der Waals surface area contributed by atoms with E-state index in [1.165, 1.54) is 23.5 Å². The Morgan fingerprint density at radius 3 is 2.14 bits per heavy atom. The normalized spacial score (nSPS) is 15.8. The first kappa shape index (κ1) is 20.3. The van der Waals surface area contributed by atoms with Crippen molar-refractivity contribution < 1.29 is 18.0 Å². The fourth-order valence-corrected chi connectivity index (χ4v) is 4.62. The van der Waals surface area contributed by atoms with E-state index in [1.807, 2.05) is 12.1 Å². The molecule has 3 rings (SSSR count). The van der Waals surface area contributed by atoms with E-state index in [0.29, 0.717) is 30.3 Å². The molecule has 0 atom stereocenters. The van der Waals surface area contributed by atoms with Crippen LogP contribution < -0.4 is 0 Å². The predicted molar refractivity (Wildman–Crippen MR) is 106 cm³/mol. The molecule has 0 bridgehead atoms. The highest BCUT2D eigenvalue weighted by Gasteiger charge is 2.30. The van der Waals surface area contributed by atoms with Gasteiger partial charge in [0.2, 0.25) is 10.0 Å². The number of Topliss-reactive ketones (excluding diaryl/α,β-unsaturated/α-hetero) is 1. The lowest BCUT2D eigenvalue weighted by atomic mass is 10.0. The third-order valence-electron chi connectivity index (χ3n) is 5.03. The molecule has 1 fully saturated rings. The molecule has 0 spiro atoms. The Labute approximate surface area is 165 Å². The number of hydrogen-bond donors (Lipinski definition) is 1. The highest BCUT2D eigenvalue weighted by molar-refractivity contribution is 7.89. The molecule has 1 aliphatic rings. The lowest BCUT2D eigenvalue weighted by Gasteiger charge is -2.33. The van der Waals surface area contributed by atoms with Crippen molar-refractivity contribution >= 4 is 21.7 Å². The van der Waals surface area contributed by atoms with Crippen molar-refractivity contribution in [2.45, 2.75) is 31.6 Å². The van der Waals surface area contributed by atoms with Crippen LogP contribution in [0.25, 0.3) is 0 Å². The monoisotopic (exact) mass is 403 g/mol. The van der Waals surface area contributed by atoms with Crippen molar-refractivity contribution in [3.8, 4) is 0 Å². The van der Waals surface area contributed by atoms with E-state index >= 15 is 0 Å². The molecule has 0 unspecified atom stereocenters. The van der Waals surface area contributed by atoms with Crippen LogP contribution in [0.1, 0.15) is 53.1 Å². The number of hydrogen-bond acceptors (Lipinski definition) is 4. The van der Waals surface area contributed by atoms with Crippen LogP contribution in [0.2, 0.25) is 0 Å². The minimum Gasteiger partial charge on any atom is -0.356 e. The molecule has 150 valence electrons. The quantitative estimate of drug-likeness (QED) is 0.777. The SMILES string of the molecule is CC(=O)c1c[nH]c(C(=O)N2CCN(S(=O)(=O)c3ccc(C(C)C)cc3)CC2)c1. The van der Waals surface area contributed by atoms with Gasteiger partial charge in [0.25, 0.3) is 5.91 Å². The topological polar surface area (TPSA) is 90.6 Å². The summed E-state index contributed by atoms with van der Waals surface area (Å²) in [6.45, 7) is 6.63. The molecule has 2 heterocycles. The van der Waals surface area contributed by atoms with E-state index in [1.54, 1.807) is 17.0 Å². The Hall–Kier alpha value is -2.45. The highest BCUT2D eigenvalue weighted by atomic mass is 32.2. The molecule has 7 nitrogen and oxygen atoms in total. The number of nitrogens with zero attached hydrogens (tertiary/aromatic N) is 2. The minimum absolute atomic E-state index is 0.116. The van der Waals surface area contributed by atoms with Gasteiger partial charge in [0.05, 0.1) is 4.90 Å². The Morgan fingerprint density at radius 1 is 1.04 bits per heavy atom. The first-order valence-corrected chi connectivity index (χ1v) is 10.7. The summed E-state index contributed by atoms with van der Waals surface area (Å²) < 4.78 is 27.2. The fraction of sp³-hybridized carbons (Fsp3) is 0.400. The van der Waals surface area contributed by atoms with E-state index in [0.717, 1.165) is 5.56 Å². The minimum atomic E-state index is -3.58. The summed E-state index contributed by atoms with van der Waals surface area (Å²) in [7, 11) is -3.58. The summed E-state index contributed by atoms with van der Waals surface area (Å²) in [5.41, 5.74) is 1.88. The zero-order valence-corrected chi connectivity index (χ0v) is 17.1. The average Bonchev–Trinajstić information content (AvgIpc) is 3.18. The van der Waals surface area contributed by atoms with Crippen molar-refractivity contribution in [1.82, 2.24) is 14.2 Å². The smallest absolute Gasteiger partial charge is 0.270 e. The van der Waals surface area contributed by atoms with Crippen molar-refractivity contribution in [2.24, 2.45) is 0 Å². The van der Waals surface area contributed by atoms with Crippen LogP contribution in [0, 0.1) is 0 Å². The van der Waals surface area contributed by atoms with Crippen molar-refractivity contribution in [2.75, 3.05) is 26.2 Å². The van der Waals surface area contributed by atoms with E-state index in [9.17, 15) is 18.0 Å². The van der Waals surface area contributed by atoms with Gasteiger partial charge in [0.15, 0.2) is 5.78 Å². The van der Waals surface area contributed by atoms with Crippen LogP contribution in [-0.2, 0) is 10.0 Å². The summed E-state index contributed by atoms with van der Waals surface area (Å²) in [6, 6.07) is 8.50. The third-order valence-corrected chi connectivity index (χ3v) is 6.94. The molecule has 0 aliphatic carbocycles. The maximum atomic E-state index is 12.9. The van der Waals surface area contributed by atoms with Gasteiger partial charge < -0.3 is 9.88 Å². The predicted octanol–water partition coefficient (Wildman–Crippen LogP) is 2.49. The van der Waals surface area contributed by atoms with Crippen molar-refractivity contribution in [3.63, 3.8) is 0 Å². The number of carbonyl (C=O) groups is 2. The second kappa shape index (κ2) is 7.89. The third kappa shape index (κ3) is 4.02. The number of benzene rings is 1. The van der Waals surface area contributed by atoms with Gasteiger partial charge in [-0.15, -0.1) is 0 Å². The molecule has 1 aromatic carbocycles. The highest BCUT2D eigenvalue weighted by Crippen LogP contribution is 2.21. The van der Waals surface area contributed by atoms with Crippen LogP contribution in [0.15, 0.2) is 41.4 Å². The van der Waals surface area contributed by atoms with Gasteiger partial charge >= 0.3 is 0 Å². The zero-order valence-electron chi connectivity index (χ0n) is 16.3. The van der Waals surface area contributed by atoms with Crippen LogP contribution in [0.3, 0.4) is 0 Å². The van der Waals surface area contributed by atoms with Gasteiger partial charge in [-0.2, -0.15) is 4.31 Å². The van der Waals surface area contributed by atoms with Crippen molar-refractivity contribution in [3.05, 3.63) is 53.3 Å². The van der Waals surface area contributed by atoms with Gasteiger partial charge in [-0.3, -0.25) is 9.59 Å². The summed E-state index contributed by atoms with van der Waals surface area (Å²) in [4.78, 5) is 28.7. The fourth-order valence-electron chi connectivity index (χ4n) is 3.20. The van der Waals surface area contributed by atoms with Crippen LogP contribution in [0.4, 0.5) is 0 Å². The molecular formula is C20H25N3O4S. The molecule has 1 amide bonds. The molecule has 2 aromatic rings. The summed E-state index contributed by atoms with van der Waals surface area (Å²) in [5, 5.41) is 0. The number of nitrogens with one attached hydrogen (secondary N) is 1. The molecule has 1 aliphatic heterocycles. The Balaban J connectivity index is 1.66. The number of carbonyl (C=O) groups excluding carboxylic acids is 2. The van der Waals surface area contributed by atoms with E-state index in [4.69, 9.17) is 0 Å². The van der Waals surface area contributed by atoms with Crippen LogP contribution in [0.5, 0.6) is 0 Å². The van der Waals surface area contributed by atoms with E-state index in [2.05, 4.69) is 18.8 Å². The summed E-state index contributed by atoms with van der Waals surface area (Å²) >= 11 is 0. The van der Waals surface area contributed by atoms with E-state index in [-0.39, 0.29) is 29.7 Å². The lowest BCUT2D eigenvalue weighted by Crippen LogP contribution is -2.50. The standard InChI is InChI=1S/C20H25N3O4S/c1-14(2)16-4-6-18(7-5-16)28(26,27)23-10-8-22(9-11-23)20(25)19-12-17(13-21-19)15(3)24/h4-7,12-14,21H,8-11H2,1-3H3. The zero-order chi connectivity index (χ0) is 20.5. The molecule has 1 N–H and O–H groups in total. The molecule has 0 radical (unpaired) electrons. The number of amides is 1. The average molecular weight is 404 g/mol. The molecule has 1 saturated heterocycles. The molecule has 8 heteroatoms. The second-order valence-electron chi connectivity index (χ2n) is 7.28. The number of piperazine rings is 1. The number of ketones is 1. The largest absolute Gasteiger partial charge is 0.356 e. The Morgan fingerprint density at radius 2 is 1.64 bits per heavy atom. The van der Waals surface area contributed by atoms with Gasteiger partial charge in [-0.25, -0.2) is 8.42 Å². The van der Waals surface area contributed by atoms with Gasteiger partial charge in [0, 0.05) is 37.9 Å². The molecular weight excluding hydrogens is 378 g/mol. The molecule has 28 heavy (non-hydrogen) atoms. The number of H-pyrrole nitrogens is 1. The lowest BCUT2D eigenvalue weighted by molar-refractivity contribution is 0.0692.